The number of amides is 4. The Kier molecular flexibility index (Phi) is 4.92. The van der Waals surface area contributed by atoms with Crippen LogP contribution in [0.3, 0.4) is 0 Å². The molecule has 0 aromatic heterocycles. The van der Waals surface area contributed by atoms with Gasteiger partial charge in [0.25, 0.3) is 11.8 Å². The Bertz CT molecular complexity index is 1020. The molecule has 0 bridgehead atoms. The average Bonchev–Trinajstić information content (AvgIpc) is 3.21. The minimum atomic E-state index is -0.735. The summed E-state index contributed by atoms with van der Waals surface area (Å²) >= 11 is 0. The van der Waals surface area contributed by atoms with Crippen LogP contribution in [-0.4, -0.2) is 30.9 Å². The van der Waals surface area contributed by atoms with Crippen molar-refractivity contribution >= 4 is 35.3 Å². The Morgan fingerprint density at radius 3 is 2.28 bits per heavy atom. The molecule has 2 fully saturated rings. The van der Waals surface area contributed by atoms with Crippen LogP contribution >= 0.6 is 0 Å². The second-order valence-electron chi connectivity index (χ2n) is 7.53. The fraction of sp³-hybridized carbons (Fsp3) is 0.261. The number of urea groups is 1. The first-order valence-electron chi connectivity index (χ1n) is 9.78. The van der Waals surface area contributed by atoms with Crippen LogP contribution in [0.2, 0.25) is 0 Å². The molecule has 2 saturated heterocycles. The number of nitrogens with one attached hydrogen (secondary N) is 1. The molecule has 4 amide bonds. The molecule has 1 N–H and O–H groups in total. The number of nitrogens with zero attached hydrogens (tertiary/aromatic N) is 2. The van der Waals surface area contributed by atoms with Crippen LogP contribution in [0.15, 0.2) is 48.0 Å². The van der Waals surface area contributed by atoms with E-state index >= 15 is 0 Å². The van der Waals surface area contributed by atoms with Gasteiger partial charge in [0, 0.05) is 18.8 Å². The lowest BCUT2D eigenvalue weighted by Crippen LogP contribution is -2.54. The van der Waals surface area contributed by atoms with E-state index in [-0.39, 0.29) is 5.57 Å². The first-order valence-corrected chi connectivity index (χ1v) is 9.78. The van der Waals surface area contributed by atoms with E-state index in [1.54, 1.807) is 18.2 Å². The Morgan fingerprint density at radius 1 is 0.931 bits per heavy atom. The van der Waals surface area contributed by atoms with Crippen LogP contribution in [0.1, 0.15) is 29.5 Å². The van der Waals surface area contributed by atoms with E-state index in [1.165, 1.54) is 18.5 Å². The summed E-state index contributed by atoms with van der Waals surface area (Å²) in [5, 5.41) is 2.26. The Hall–Kier alpha value is -3.41. The van der Waals surface area contributed by atoms with Crippen LogP contribution in [0.25, 0.3) is 6.08 Å². The van der Waals surface area contributed by atoms with E-state index in [9.17, 15) is 14.4 Å². The third-order valence-electron chi connectivity index (χ3n) is 5.37. The van der Waals surface area contributed by atoms with Gasteiger partial charge in [0.1, 0.15) is 5.57 Å². The summed E-state index contributed by atoms with van der Waals surface area (Å²) < 4.78 is 0. The lowest BCUT2D eigenvalue weighted by molar-refractivity contribution is -0.122. The third-order valence-corrected chi connectivity index (χ3v) is 5.37. The molecule has 2 heterocycles. The van der Waals surface area contributed by atoms with Crippen molar-refractivity contribution in [2.75, 3.05) is 22.9 Å². The van der Waals surface area contributed by atoms with Gasteiger partial charge in [-0.05, 0) is 68.2 Å². The maximum Gasteiger partial charge on any atom is 0.335 e. The van der Waals surface area contributed by atoms with Crippen molar-refractivity contribution < 1.29 is 14.4 Å². The zero-order chi connectivity index (χ0) is 20.5. The van der Waals surface area contributed by atoms with E-state index in [4.69, 9.17) is 0 Å². The fourth-order valence-electron chi connectivity index (χ4n) is 3.83. The van der Waals surface area contributed by atoms with Gasteiger partial charge in [0.2, 0.25) is 0 Å². The smallest absolute Gasteiger partial charge is 0.335 e. The molecule has 2 aliphatic heterocycles. The number of benzene rings is 2. The van der Waals surface area contributed by atoms with Crippen LogP contribution in [0.5, 0.6) is 0 Å². The van der Waals surface area contributed by atoms with Crippen LogP contribution < -0.4 is 15.1 Å². The predicted molar refractivity (Wildman–Crippen MR) is 113 cm³/mol. The molecule has 6 nitrogen and oxygen atoms in total. The lowest BCUT2D eigenvalue weighted by atomic mass is 10.0. The summed E-state index contributed by atoms with van der Waals surface area (Å²) in [6.45, 7) is 6.05. The topological polar surface area (TPSA) is 69.7 Å². The molecule has 29 heavy (non-hydrogen) atoms. The number of hydrogen-bond donors (Lipinski definition) is 1. The van der Waals surface area contributed by atoms with Gasteiger partial charge in [-0.25, -0.2) is 9.69 Å². The van der Waals surface area contributed by atoms with Gasteiger partial charge in [-0.3, -0.25) is 14.9 Å². The zero-order valence-electron chi connectivity index (χ0n) is 16.6. The highest BCUT2D eigenvalue weighted by Crippen LogP contribution is 2.27. The summed E-state index contributed by atoms with van der Waals surface area (Å²) in [4.78, 5) is 41.0. The molecule has 0 aliphatic carbocycles. The first kappa shape index (κ1) is 18.9. The number of imide groups is 2. The standard InChI is InChI=1S/C23H23N3O3/c1-15-5-8-18(9-6-15)26-22(28)19(21(27)24-23(26)29)14-17-7-10-20(16(2)13-17)25-11-3-4-12-25/h5-10,13-14H,3-4,11-12H2,1-2H3,(H,24,27,29). The molecular weight excluding hydrogens is 366 g/mol. The number of aryl methyl sites for hydroxylation is 2. The van der Waals surface area contributed by atoms with Crippen molar-refractivity contribution in [3.8, 4) is 0 Å². The van der Waals surface area contributed by atoms with E-state index in [2.05, 4.69) is 10.2 Å². The summed E-state index contributed by atoms with van der Waals surface area (Å²) in [6.07, 6.45) is 3.94. The molecule has 2 aromatic rings. The minimum absolute atomic E-state index is 0.0569. The Balaban J connectivity index is 1.65. The molecule has 0 atom stereocenters. The molecule has 0 unspecified atom stereocenters. The van der Waals surface area contributed by atoms with Gasteiger partial charge in [-0.15, -0.1) is 0 Å². The molecule has 0 spiro atoms. The quantitative estimate of drug-likeness (QED) is 0.644. The van der Waals surface area contributed by atoms with Gasteiger partial charge in [-0.1, -0.05) is 23.8 Å². The maximum absolute atomic E-state index is 13.0. The molecule has 4 rings (SSSR count). The van der Waals surface area contributed by atoms with E-state index < -0.39 is 17.8 Å². The number of rotatable bonds is 3. The van der Waals surface area contributed by atoms with Gasteiger partial charge in [0.15, 0.2) is 0 Å². The van der Waals surface area contributed by atoms with Crippen molar-refractivity contribution in [2.24, 2.45) is 0 Å². The Labute approximate surface area is 169 Å². The van der Waals surface area contributed by atoms with Crippen LogP contribution in [0, 0.1) is 13.8 Å². The largest absolute Gasteiger partial charge is 0.371 e. The summed E-state index contributed by atoms with van der Waals surface area (Å²) in [6, 6.07) is 12.2. The van der Waals surface area contributed by atoms with E-state index in [0.717, 1.165) is 34.7 Å². The SMILES string of the molecule is Cc1ccc(N2C(=O)NC(=O)C(=Cc3ccc(N4CCCC4)c(C)c3)C2=O)cc1. The average molecular weight is 389 g/mol. The van der Waals surface area contributed by atoms with Gasteiger partial charge >= 0.3 is 6.03 Å². The molecular formula is C23H23N3O3. The molecule has 0 radical (unpaired) electrons. The number of carbonyl (C=O) groups excluding carboxylic acids is 3. The van der Waals surface area contributed by atoms with Gasteiger partial charge < -0.3 is 4.90 Å². The number of barbiturate groups is 1. The monoisotopic (exact) mass is 389 g/mol. The normalized spacial score (nSPS) is 18.6. The molecule has 6 heteroatoms. The van der Waals surface area contributed by atoms with Crippen LogP contribution in [0.4, 0.5) is 16.2 Å². The lowest BCUT2D eigenvalue weighted by Gasteiger charge is -2.26. The number of carbonyl (C=O) groups is 3. The molecule has 2 aliphatic rings. The maximum atomic E-state index is 13.0. The number of anilines is 2. The molecule has 2 aromatic carbocycles. The molecule has 148 valence electrons. The first-order chi connectivity index (χ1) is 13.9. The van der Waals surface area contributed by atoms with Crippen molar-refractivity contribution in [1.29, 1.82) is 0 Å². The summed E-state index contributed by atoms with van der Waals surface area (Å²) in [7, 11) is 0. The highest BCUT2D eigenvalue weighted by atomic mass is 16.2. The summed E-state index contributed by atoms with van der Waals surface area (Å²) in [5.74, 6) is -1.30. The van der Waals surface area contributed by atoms with E-state index in [0.29, 0.717) is 5.69 Å². The van der Waals surface area contributed by atoms with Gasteiger partial charge in [-0.2, -0.15) is 0 Å². The second kappa shape index (κ2) is 7.54. The predicted octanol–water partition coefficient (Wildman–Crippen LogP) is 3.57. The summed E-state index contributed by atoms with van der Waals surface area (Å²) in [5.41, 5.74) is 4.41. The van der Waals surface area contributed by atoms with Crippen molar-refractivity contribution in [2.45, 2.75) is 26.7 Å². The highest BCUT2D eigenvalue weighted by Gasteiger charge is 2.36. The third kappa shape index (κ3) is 3.66. The minimum Gasteiger partial charge on any atom is -0.371 e. The fourth-order valence-corrected chi connectivity index (χ4v) is 3.83. The van der Waals surface area contributed by atoms with E-state index in [1.807, 2.05) is 44.2 Å². The second-order valence-corrected chi connectivity index (χ2v) is 7.53. The molecule has 0 saturated carbocycles. The van der Waals surface area contributed by atoms with Crippen molar-refractivity contribution in [3.05, 3.63) is 64.7 Å². The number of hydrogen-bond acceptors (Lipinski definition) is 4. The van der Waals surface area contributed by atoms with Crippen molar-refractivity contribution in [1.82, 2.24) is 5.32 Å². The van der Waals surface area contributed by atoms with Gasteiger partial charge in [0.05, 0.1) is 5.69 Å². The van der Waals surface area contributed by atoms with Crippen molar-refractivity contribution in [3.63, 3.8) is 0 Å². The highest BCUT2D eigenvalue weighted by molar-refractivity contribution is 6.39. The zero-order valence-corrected chi connectivity index (χ0v) is 16.6. The Morgan fingerprint density at radius 2 is 1.62 bits per heavy atom. The van der Waals surface area contributed by atoms with Crippen LogP contribution in [-0.2, 0) is 9.59 Å².